The van der Waals surface area contributed by atoms with E-state index in [0.717, 1.165) is 30.6 Å². The van der Waals surface area contributed by atoms with E-state index in [2.05, 4.69) is 25.9 Å². The van der Waals surface area contributed by atoms with Gasteiger partial charge in [-0.1, -0.05) is 0 Å². The van der Waals surface area contributed by atoms with Gasteiger partial charge in [-0.15, -0.1) is 0 Å². The van der Waals surface area contributed by atoms with Crippen LogP contribution in [-0.4, -0.2) is 52.5 Å². The van der Waals surface area contributed by atoms with Crippen LogP contribution in [0, 0.1) is 0 Å². The number of urea groups is 1. The number of amides is 3. The van der Waals surface area contributed by atoms with Crippen molar-refractivity contribution in [2.24, 2.45) is 0 Å². The van der Waals surface area contributed by atoms with Gasteiger partial charge >= 0.3 is 6.03 Å². The Labute approximate surface area is 162 Å². The van der Waals surface area contributed by atoms with Gasteiger partial charge in [0.25, 0.3) is 0 Å². The first kappa shape index (κ1) is 18.2. The second-order valence-corrected chi connectivity index (χ2v) is 7.12. The number of carbonyl (C=O) groups is 2. The summed E-state index contributed by atoms with van der Waals surface area (Å²) in [4.78, 5) is 34.3. The second kappa shape index (κ2) is 7.81. The lowest BCUT2D eigenvalue weighted by Crippen LogP contribution is -2.47. The SMILES string of the molecule is Nc1cc(CN2CCNC(=O)C2)nc(-c2ccc(NC(=O)NC3CC3)cc2)n1. The van der Waals surface area contributed by atoms with E-state index in [1.807, 2.05) is 29.2 Å². The van der Waals surface area contributed by atoms with Gasteiger partial charge in [-0.05, 0) is 37.1 Å². The highest BCUT2D eigenvalue weighted by Gasteiger charge is 2.23. The maximum Gasteiger partial charge on any atom is 0.319 e. The van der Waals surface area contributed by atoms with Crippen LogP contribution >= 0.6 is 0 Å². The Morgan fingerprint density at radius 2 is 2.04 bits per heavy atom. The van der Waals surface area contributed by atoms with E-state index < -0.39 is 0 Å². The van der Waals surface area contributed by atoms with Crippen LogP contribution in [0.2, 0.25) is 0 Å². The van der Waals surface area contributed by atoms with Gasteiger partial charge in [-0.25, -0.2) is 14.8 Å². The predicted octanol–water partition coefficient (Wildman–Crippen LogP) is 0.942. The number of nitrogens with zero attached hydrogens (tertiary/aromatic N) is 3. The molecule has 2 aromatic rings. The Kier molecular flexibility index (Phi) is 5.07. The number of hydrogen-bond acceptors (Lipinski definition) is 6. The Balaban J connectivity index is 1.44. The van der Waals surface area contributed by atoms with Crippen molar-refractivity contribution in [1.82, 2.24) is 25.5 Å². The minimum absolute atomic E-state index is 0.0160. The summed E-state index contributed by atoms with van der Waals surface area (Å²) in [6, 6.07) is 9.16. The molecule has 3 amide bonds. The molecule has 4 rings (SSSR count). The lowest BCUT2D eigenvalue weighted by Gasteiger charge is -2.26. The lowest BCUT2D eigenvalue weighted by molar-refractivity contribution is -0.124. The summed E-state index contributed by atoms with van der Waals surface area (Å²) >= 11 is 0. The van der Waals surface area contributed by atoms with Crippen LogP contribution in [0.4, 0.5) is 16.3 Å². The van der Waals surface area contributed by atoms with Crippen molar-refractivity contribution < 1.29 is 9.59 Å². The molecule has 0 atom stereocenters. The molecule has 5 N–H and O–H groups in total. The van der Waals surface area contributed by atoms with Crippen molar-refractivity contribution in [3.05, 3.63) is 36.0 Å². The summed E-state index contributed by atoms with van der Waals surface area (Å²) in [5, 5.41) is 8.50. The van der Waals surface area contributed by atoms with Gasteiger partial charge in [0.2, 0.25) is 5.91 Å². The number of benzene rings is 1. The maximum atomic E-state index is 11.8. The summed E-state index contributed by atoms with van der Waals surface area (Å²) in [7, 11) is 0. The standard InChI is InChI=1S/C19H23N7O2/c20-16-9-15(10-26-8-7-21-17(27)11-26)22-18(25-16)12-1-3-13(4-2-12)23-19(28)24-14-5-6-14/h1-4,9,14H,5-8,10-11H2,(H,21,27)(H2,20,22,25)(H2,23,24,28). The quantitative estimate of drug-likeness (QED) is 0.611. The minimum Gasteiger partial charge on any atom is -0.384 e. The second-order valence-electron chi connectivity index (χ2n) is 7.12. The van der Waals surface area contributed by atoms with Gasteiger partial charge in [0.05, 0.1) is 12.2 Å². The third kappa shape index (κ3) is 4.74. The highest BCUT2D eigenvalue weighted by molar-refractivity contribution is 5.89. The Hall–Kier alpha value is -3.20. The van der Waals surface area contributed by atoms with E-state index in [9.17, 15) is 9.59 Å². The van der Waals surface area contributed by atoms with E-state index >= 15 is 0 Å². The van der Waals surface area contributed by atoms with E-state index in [1.165, 1.54) is 0 Å². The number of nitrogens with one attached hydrogen (secondary N) is 3. The molecule has 9 heteroatoms. The smallest absolute Gasteiger partial charge is 0.319 e. The number of nitrogen functional groups attached to an aromatic ring is 1. The van der Waals surface area contributed by atoms with E-state index in [0.29, 0.717) is 43.0 Å². The number of hydrogen-bond donors (Lipinski definition) is 4. The van der Waals surface area contributed by atoms with E-state index in [4.69, 9.17) is 5.73 Å². The zero-order valence-electron chi connectivity index (χ0n) is 15.4. The minimum atomic E-state index is -0.191. The van der Waals surface area contributed by atoms with Crippen molar-refractivity contribution in [1.29, 1.82) is 0 Å². The van der Waals surface area contributed by atoms with Gasteiger partial charge < -0.3 is 21.7 Å². The molecule has 2 fully saturated rings. The summed E-state index contributed by atoms with van der Waals surface area (Å²) in [5.41, 5.74) is 8.23. The van der Waals surface area contributed by atoms with Crippen molar-refractivity contribution in [3.63, 3.8) is 0 Å². The van der Waals surface area contributed by atoms with E-state index in [-0.39, 0.29) is 11.9 Å². The molecule has 0 radical (unpaired) electrons. The number of rotatable bonds is 5. The summed E-state index contributed by atoms with van der Waals surface area (Å²) in [5.74, 6) is 0.917. The molecule has 1 aromatic carbocycles. The van der Waals surface area contributed by atoms with Crippen LogP contribution in [0.3, 0.4) is 0 Å². The third-order valence-corrected chi connectivity index (χ3v) is 4.62. The Morgan fingerprint density at radius 1 is 1.25 bits per heavy atom. The first-order valence-corrected chi connectivity index (χ1v) is 9.35. The highest BCUT2D eigenvalue weighted by Crippen LogP contribution is 2.21. The van der Waals surface area contributed by atoms with Crippen LogP contribution in [-0.2, 0) is 11.3 Å². The molecule has 1 aliphatic heterocycles. The average molecular weight is 381 g/mol. The fourth-order valence-corrected chi connectivity index (χ4v) is 3.07. The van der Waals surface area contributed by atoms with Crippen molar-refractivity contribution >= 4 is 23.4 Å². The number of piperazine rings is 1. The monoisotopic (exact) mass is 381 g/mol. The maximum absolute atomic E-state index is 11.8. The topological polar surface area (TPSA) is 125 Å². The number of nitrogens with two attached hydrogens (primary N) is 1. The van der Waals surface area contributed by atoms with Gasteiger partial charge in [0.1, 0.15) is 5.82 Å². The number of carbonyl (C=O) groups excluding carboxylic acids is 2. The van der Waals surface area contributed by atoms with Gasteiger partial charge in [-0.3, -0.25) is 9.69 Å². The predicted molar refractivity (Wildman–Crippen MR) is 105 cm³/mol. The first-order chi connectivity index (χ1) is 13.5. The molecule has 1 aliphatic carbocycles. The number of anilines is 2. The lowest BCUT2D eigenvalue weighted by atomic mass is 10.2. The largest absolute Gasteiger partial charge is 0.384 e. The van der Waals surface area contributed by atoms with Crippen LogP contribution < -0.4 is 21.7 Å². The summed E-state index contributed by atoms with van der Waals surface area (Å²) < 4.78 is 0. The van der Waals surface area contributed by atoms with Crippen molar-refractivity contribution in [3.8, 4) is 11.4 Å². The highest BCUT2D eigenvalue weighted by atomic mass is 16.2. The molecule has 2 aliphatic rings. The fourth-order valence-electron chi connectivity index (χ4n) is 3.07. The molecular formula is C19H23N7O2. The zero-order valence-corrected chi connectivity index (χ0v) is 15.4. The summed E-state index contributed by atoms with van der Waals surface area (Å²) in [6.07, 6.45) is 2.09. The molecular weight excluding hydrogens is 358 g/mol. The van der Waals surface area contributed by atoms with Crippen LogP contribution in [0.15, 0.2) is 30.3 Å². The normalized spacial score (nSPS) is 17.1. The molecule has 0 unspecified atom stereocenters. The molecule has 146 valence electrons. The molecule has 1 saturated heterocycles. The molecule has 1 saturated carbocycles. The van der Waals surface area contributed by atoms with Crippen LogP contribution in [0.5, 0.6) is 0 Å². The van der Waals surface area contributed by atoms with Gasteiger partial charge in [-0.2, -0.15) is 0 Å². The Morgan fingerprint density at radius 3 is 2.75 bits per heavy atom. The average Bonchev–Trinajstić information content (AvgIpc) is 3.45. The van der Waals surface area contributed by atoms with Crippen LogP contribution in [0.1, 0.15) is 18.5 Å². The van der Waals surface area contributed by atoms with Crippen molar-refractivity contribution in [2.75, 3.05) is 30.7 Å². The third-order valence-electron chi connectivity index (χ3n) is 4.62. The Bertz CT molecular complexity index is 880. The van der Waals surface area contributed by atoms with Gasteiger partial charge in [0.15, 0.2) is 5.82 Å². The molecule has 0 spiro atoms. The van der Waals surface area contributed by atoms with Gasteiger partial charge in [0, 0.05) is 43.0 Å². The molecule has 0 bridgehead atoms. The number of aromatic nitrogens is 2. The molecule has 9 nitrogen and oxygen atoms in total. The zero-order chi connectivity index (χ0) is 19.5. The molecule has 28 heavy (non-hydrogen) atoms. The first-order valence-electron chi connectivity index (χ1n) is 9.35. The molecule has 1 aromatic heterocycles. The fraction of sp³-hybridized carbons (Fsp3) is 0.368. The molecule has 2 heterocycles. The van der Waals surface area contributed by atoms with E-state index in [1.54, 1.807) is 6.07 Å². The van der Waals surface area contributed by atoms with Crippen LogP contribution in [0.25, 0.3) is 11.4 Å². The van der Waals surface area contributed by atoms with Crippen molar-refractivity contribution in [2.45, 2.75) is 25.4 Å². The summed E-state index contributed by atoms with van der Waals surface area (Å²) in [6.45, 7) is 2.29.